The second kappa shape index (κ2) is 7.56. The number of hydrogen-bond donors (Lipinski definition) is 2. The molecule has 0 aromatic rings. The molecule has 0 unspecified atom stereocenters. The van der Waals surface area contributed by atoms with E-state index in [-0.39, 0.29) is 24.0 Å². The zero-order valence-electron chi connectivity index (χ0n) is 11.8. The maximum absolute atomic E-state index is 4.29. The van der Waals surface area contributed by atoms with Gasteiger partial charge in [-0.1, -0.05) is 19.8 Å². The molecule has 0 bridgehead atoms. The summed E-state index contributed by atoms with van der Waals surface area (Å²) in [7, 11) is 1.87. The lowest BCUT2D eigenvalue weighted by atomic mass is 10.0. The quantitative estimate of drug-likeness (QED) is 0.315. The average molecular weight is 365 g/mol. The van der Waals surface area contributed by atoms with Crippen molar-refractivity contribution in [3.63, 3.8) is 0 Å². The third-order valence-electron chi connectivity index (χ3n) is 4.24. The van der Waals surface area contributed by atoms with Crippen LogP contribution >= 0.6 is 24.0 Å². The highest BCUT2D eigenvalue weighted by atomic mass is 127. The van der Waals surface area contributed by atoms with Gasteiger partial charge in [0.2, 0.25) is 0 Å². The molecule has 2 saturated carbocycles. The number of unbranched alkanes of at least 4 members (excludes halogenated alkanes) is 2. The summed E-state index contributed by atoms with van der Waals surface area (Å²) in [5.74, 6) is 2.02. The third kappa shape index (κ3) is 4.59. The molecule has 0 radical (unpaired) electrons. The molecule has 2 N–H and O–H groups in total. The topological polar surface area (TPSA) is 36.4 Å². The van der Waals surface area contributed by atoms with Crippen LogP contribution in [-0.2, 0) is 0 Å². The summed E-state index contributed by atoms with van der Waals surface area (Å²) in [6.45, 7) is 4.41. The highest BCUT2D eigenvalue weighted by Gasteiger charge is 2.53. The van der Waals surface area contributed by atoms with E-state index in [4.69, 9.17) is 0 Å². The molecular weight excluding hydrogens is 337 g/mol. The smallest absolute Gasteiger partial charge is 0.190 e. The van der Waals surface area contributed by atoms with Crippen LogP contribution in [-0.4, -0.2) is 26.1 Å². The fraction of sp³-hybridized carbons (Fsp3) is 0.929. The van der Waals surface area contributed by atoms with Crippen LogP contribution in [0.2, 0.25) is 0 Å². The molecule has 2 aliphatic carbocycles. The Balaban J connectivity index is 0.00000162. The minimum atomic E-state index is 0. The number of rotatable bonds is 7. The monoisotopic (exact) mass is 365 g/mol. The lowest BCUT2D eigenvalue weighted by molar-refractivity contribution is 0.431. The number of halogens is 1. The molecule has 4 heteroatoms. The Morgan fingerprint density at radius 2 is 1.94 bits per heavy atom. The molecule has 0 heterocycles. The van der Waals surface area contributed by atoms with Gasteiger partial charge in [0, 0.05) is 20.1 Å². The van der Waals surface area contributed by atoms with E-state index in [0.29, 0.717) is 5.41 Å². The Morgan fingerprint density at radius 3 is 2.44 bits per heavy atom. The normalized spacial score (nSPS) is 21.1. The van der Waals surface area contributed by atoms with Gasteiger partial charge >= 0.3 is 0 Å². The summed E-state index contributed by atoms with van der Waals surface area (Å²) >= 11 is 0. The van der Waals surface area contributed by atoms with Crippen molar-refractivity contribution in [1.29, 1.82) is 0 Å². The van der Waals surface area contributed by atoms with Gasteiger partial charge in [0.15, 0.2) is 5.96 Å². The zero-order valence-corrected chi connectivity index (χ0v) is 14.1. The van der Waals surface area contributed by atoms with Crippen LogP contribution in [0.4, 0.5) is 0 Å². The van der Waals surface area contributed by atoms with Gasteiger partial charge in [-0.2, -0.15) is 0 Å². The van der Waals surface area contributed by atoms with Crippen LogP contribution < -0.4 is 10.6 Å². The number of nitrogens with zero attached hydrogens (tertiary/aromatic N) is 1. The molecule has 0 amide bonds. The van der Waals surface area contributed by atoms with E-state index in [0.717, 1.165) is 25.0 Å². The standard InChI is InChI=1S/C14H27N3.HI/c1-3-4-5-10-16-13(15-2)17-11-14(8-9-14)12-6-7-12;/h12H,3-11H2,1-2H3,(H2,15,16,17);1H. The number of nitrogens with one attached hydrogen (secondary N) is 2. The van der Waals surface area contributed by atoms with Crippen LogP contribution in [0.1, 0.15) is 51.9 Å². The van der Waals surface area contributed by atoms with Crippen molar-refractivity contribution in [3.8, 4) is 0 Å². The van der Waals surface area contributed by atoms with Crippen molar-refractivity contribution in [1.82, 2.24) is 10.6 Å². The lowest BCUT2D eigenvalue weighted by Gasteiger charge is -2.18. The highest BCUT2D eigenvalue weighted by molar-refractivity contribution is 14.0. The molecular formula is C14H28IN3. The molecule has 2 fully saturated rings. The Hall–Kier alpha value is 0. The van der Waals surface area contributed by atoms with E-state index in [2.05, 4.69) is 22.5 Å². The van der Waals surface area contributed by atoms with E-state index in [1.54, 1.807) is 0 Å². The van der Waals surface area contributed by atoms with Crippen LogP contribution in [0, 0.1) is 11.3 Å². The van der Waals surface area contributed by atoms with Gasteiger partial charge in [0.05, 0.1) is 0 Å². The summed E-state index contributed by atoms with van der Waals surface area (Å²) in [5.41, 5.74) is 0.654. The first kappa shape index (κ1) is 16.1. The molecule has 0 spiro atoms. The fourth-order valence-corrected chi connectivity index (χ4v) is 2.65. The molecule has 2 aliphatic rings. The molecule has 2 rings (SSSR count). The van der Waals surface area contributed by atoms with Crippen LogP contribution in [0.5, 0.6) is 0 Å². The number of aliphatic imine (C=N–C) groups is 1. The Morgan fingerprint density at radius 1 is 1.22 bits per heavy atom. The summed E-state index contributed by atoms with van der Waals surface area (Å²) in [6, 6.07) is 0. The van der Waals surface area contributed by atoms with Crippen molar-refractivity contribution < 1.29 is 0 Å². The maximum atomic E-state index is 4.29. The Bertz CT molecular complexity index is 270. The minimum Gasteiger partial charge on any atom is -0.356 e. The van der Waals surface area contributed by atoms with E-state index in [9.17, 15) is 0 Å². The van der Waals surface area contributed by atoms with Crippen LogP contribution in [0.3, 0.4) is 0 Å². The van der Waals surface area contributed by atoms with Crippen molar-refractivity contribution in [3.05, 3.63) is 0 Å². The SMILES string of the molecule is CCCCCNC(=NC)NCC1(C2CC2)CC1.I. The van der Waals surface area contributed by atoms with Crippen molar-refractivity contribution >= 4 is 29.9 Å². The summed E-state index contributed by atoms with van der Waals surface area (Å²) in [5, 5.41) is 6.91. The van der Waals surface area contributed by atoms with Crippen molar-refractivity contribution in [2.24, 2.45) is 16.3 Å². The molecule has 18 heavy (non-hydrogen) atoms. The molecule has 0 aliphatic heterocycles. The zero-order chi connectivity index (χ0) is 12.1. The minimum absolute atomic E-state index is 0. The second-order valence-electron chi connectivity index (χ2n) is 5.70. The molecule has 0 aromatic heterocycles. The second-order valence-corrected chi connectivity index (χ2v) is 5.70. The molecule has 3 nitrogen and oxygen atoms in total. The largest absolute Gasteiger partial charge is 0.356 e. The van der Waals surface area contributed by atoms with Gasteiger partial charge in [0.25, 0.3) is 0 Å². The number of guanidine groups is 1. The van der Waals surface area contributed by atoms with E-state index >= 15 is 0 Å². The van der Waals surface area contributed by atoms with Gasteiger partial charge in [-0.05, 0) is 43.4 Å². The van der Waals surface area contributed by atoms with Gasteiger partial charge in [-0.15, -0.1) is 24.0 Å². The molecule has 106 valence electrons. The van der Waals surface area contributed by atoms with Crippen molar-refractivity contribution in [2.75, 3.05) is 20.1 Å². The van der Waals surface area contributed by atoms with Crippen LogP contribution in [0.25, 0.3) is 0 Å². The number of hydrogen-bond acceptors (Lipinski definition) is 1. The van der Waals surface area contributed by atoms with Crippen molar-refractivity contribution in [2.45, 2.75) is 51.9 Å². The van der Waals surface area contributed by atoms with Gasteiger partial charge < -0.3 is 10.6 Å². The van der Waals surface area contributed by atoms with Crippen LogP contribution in [0.15, 0.2) is 4.99 Å². The van der Waals surface area contributed by atoms with Gasteiger partial charge in [-0.3, -0.25) is 4.99 Å². The maximum Gasteiger partial charge on any atom is 0.190 e. The summed E-state index contributed by atoms with van der Waals surface area (Å²) < 4.78 is 0. The Labute approximate surface area is 129 Å². The first-order chi connectivity index (χ1) is 8.30. The van der Waals surface area contributed by atoms with Gasteiger partial charge in [0.1, 0.15) is 0 Å². The summed E-state index contributed by atoms with van der Waals surface area (Å²) in [6.07, 6.45) is 9.60. The third-order valence-corrected chi connectivity index (χ3v) is 4.24. The predicted molar refractivity (Wildman–Crippen MR) is 88.7 cm³/mol. The summed E-state index contributed by atoms with van der Waals surface area (Å²) in [4.78, 5) is 4.29. The molecule has 0 atom stereocenters. The molecule has 0 saturated heterocycles. The molecule has 0 aromatic carbocycles. The lowest BCUT2D eigenvalue weighted by Crippen LogP contribution is -2.41. The first-order valence-corrected chi connectivity index (χ1v) is 7.25. The first-order valence-electron chi connectivity index (χ1n) is 7.25. The highest BCUT2D eigenvalue weighted by Crippen LogP contribution is 2.60. The average Bonchev–Trinajstić information content (AvgIpc) is 3.18. The predicted octanol–water partition coefficient (Wildman–Crippen LogP) is 3.15. The van der Waals surface area contributed by atoms with E-state index in [1.165, 1.54) is 44.9 Å². The fourth-order valence-electron chi connectivity index (χ4n) is 2.65. The van der Waals surface area contributed by atoms with E-state index < -0.39 is 0 Å². The van der Waals surface area contributed by atoms with E-state index in [1.807, 2.05) is 7.05 Å². The Kier molecular flexibility index (Phi) is 6.74. The van der Waals surface area contributed by atoms with Gasteiger partial charge in [-0.25, -0.2) is 0 Å².